The summed E-state index contributed by atoms with van der Waals surface area (Å²) in [6.07, 6.45) is 0.351. The minimum atomic E-state index is -0.553. The first kappa shape index (κ1) is 15.0. The third-order valence-corrected chi connectivity index (χ3v) is 3.89. The highest BCUT2D eigenvalue weighted by atomic mass is 16.3. The van der Waals surface area contributed by atoms with Crippen molar-refractivity contribution >= 4 is 5.91 Å². The number of rotatable bonds is 4. The number of amides is 1. The first-order valence-corrected chi connectivity index (χ1v) is 7.31. The van der Waals surface area contributed by atoms with Crippen LogP contribution in [0.15, 0.2) is 18.2 Å². The van der Waals surface area contributed by atoms with Crippen LogP contribution in [-0.2, 0) is 4.79 Å². The maximum atomic E-state index is 12.1. The predicted octanol–water partition coefficient (Wildman–Crippen LogP) is 1.55. The number of nitrogens with one attached hydrogen (secondary N) is 1. The lowest BCUT2D eigenvalue weighted by molar-refractivity contribution is -0.132. The molecule has 1 unspecified atom stereocenters. The lowest BCUT2D eigenvalue weighted by atomic mass is 9.98. The Balaban J connectivity index is 1.87. The Bertz CT molecular complexity index is 468. The van der Waals surface area contributed by atoms with Gasteiger partial charge in [-0.15, -0.1) is 0 Å². The van der Waals surface area contributed by atoms with Crippen molar-refractivity contribution in [3.63, 3.8) is 0 Å². The number of hydrogen-bond acceptors (Lipinski definition) is 3. The number of carbonyl (C=O) groups is 1. The number of hydrogen-bond donors (Lipinski definition) is 2. The molecule has 1 aromatic carbocycles. The second-order valence-electron chi connectivity index (χ2n) is 5.55. The van der Waals surface area contributed by atoms with Crippen molar-refractivity contribution in [1.29, 1.82) is 0 Å². The van der Waals surface area contributed by atoms with Gasteiger partial charge in [-0.2, -0.15) is 0 Å². The summed E-state index contributed by atoms with van der Waals surface area (Å²) in [6, 6.07) is 6.03. The number of carbonyl (C=O) groups excluding carboxylic acids is 1. The standard InChI is InChI=1S/C16H24N2O2/c1-12-3-4-14(13(2)11-12)15(19)5-6-16(20)18-9-7-17-8-10-18/h3-4,11,15,17,19H,5-10H2,1-2H3. The van der Waals surface area contributed by atoms with Crippen LogP contribution in [0.4, 0.5) is 0 Å². The molecule has 2 N–H and O–H groups in total. The average Bonchev–Trinajstić information content (AvgIpc) is 2.45. The number of benzene rings is 1. The van der Waals surface area contributed by atoms with Crippen LogP contribution in [0.25, 0.3) is 0 Å². The van der Waals surface area contributed by atoms with E-state index in [1.165, 1.54) is 5.56 Å². The molecule has 1 atom stereocenters. The van der Waals surface area contributed by atoms with Crippen molar-refractivity contribution < 1.29 is 9.90 Å². The molecule has 20 heavy (non-hydrogen) atoms. The molecule has 1 aliphatic rings. The van der Waals surface area contributed by atoms with Crippen LogP contribution < -0.4 is 5.32 Å². The Morgan fingerprint density at radius 1 is 1.35 bits per heavy atom. The third-order valence-electron chi connectivity index (χ3n) is 3.89. The van der Waals surface area contributed by atoms with E-state index in [1.54, 1.807) is 0 Å². The number of aliphatic hydroxyl groups excluding tert-OH is 1. The molecule has 1 aromatic rings. The minimum absolute atomic E-state index is 0.148. The van der Waals surface area contributed by atoms with Gasteiger partial charge in [0, 0.05) is 32.6 Å². The van der Waals surface area contributed by atoms with Crippen molar-refractivity contribution in [2.75, 3.05) is 26.2 Å². The summed E-state index contributed by atoms with van der Waals surface area (Å²) in [5, 5.41) is 13.5. The molecule has 0 aromatic heterocycles. The van der Waals surface area contributed by atoms with E-state index in [1.807, 2.05) is 30.9 Å². The second-order valence-corrected chi connectivity index (χ2v) is 5.55. The monoisotopic (exact) mass is 276 g/mol. The van der Waals surface area contributed by atoms with Crippen molar-refractivity contribution in [1.82, 2.24) is 10.2 Å². The van der Waals surface area contributed by atoms with Crippen LogP contribution in [0.5, 0.6) is 0 Å². The van der Waals surface area contributed by atoms with Crippen molar-refractivity contribution in [2.24, 2.45) is 0 Å². The molecule has 0 aliphatic carbocycles. The van der Waals surface area contributed by atoms with Gasteiger partial charge >= 0.3 is 0 Å². The molecule has 1 amide bonds. The first-order valence-electron chi connectivity index (χ1n) is 7.31. The summed E-state index contributed by atoms with van der Waals surface area (Å²) in [5.74, 6) is 0.148. The number of aryl methyl sites for hydroxylation is 2. The van der Waals surface area contributed by atoms with Crippen molar-refractivity contribution in [3.05, 3.63) is 34.9 Å². The Hall–Kier alpha value is -1.39. The quantitative estimate of drug-likeness (QED) is 0.877. The number of nitrogens with zero attached hydrogens (tertiary/aromatic N) is 1. The fraction of sp³-hybridized carbons (Fsp3) is 0.562. The van der Waals surface area contributed by atoms with Gasteiger partial charge in [0.15, 0.2) is 0 Å². The molecular weight excluding hydrogens is 252 g/mol. The molecule has 0 bridgehead atoms. The van der Waals surface area contributed by atoms with Crippen LogP contribution in [0.3, 0.4) is 0 Å². The Morgan fingerprint density at radius 3 is 2.70 bits per heavy atom. The van der Waals surface area contributed by atoms with Crippen LogP contribution in [0, 0.1) is 13.8 Å². The van der Waals surface area contributed by atoms with E-state index < -0.39 is 6.10 Å². The topological polar surface area (TPSA) is 52.6 Å². The van der Waals surface area contributed by atoms with E-state index in [4.69, 9.17) is 0 Å². The highest BCUT2D eigenvalue weighted by molar-refractivity contribution is 5.76. The predicted molar refractivity (Wildman–Crippen MR) is 79.6 cm³/mol. The summed E-state index contributed by atoms with van der Waals surface area (Å²) in [6.45, 7) is 7.33. The fourth-order valence-corrected chi connectivity index (χ4v) is 2.69. The zero-order valence-corrected chi connectivity index (χ0v) is 12.4. The zero-order chi connectivity index (χ0) is 14.5. The van der Waals surface area contributed by atoms with Crippen molar-refractivity contribution in [3.8, 4) is 0 Å². The second kappa shape index (κ2) is 6.86. The third kappa shape index (κ3) is 3.81. The summed E-state index contributed by atoms with van der Waals surface area (Å²) < 4.78 is 0. The Labute approximate surface area is 120 Å². The Morgan fingerprint density at radius 2 is 2.05 bits per heavy atom. The maximum Gasteiger partial charge on any atom is 0.222 e. The summed E-state index contributed by atoms with van der Waals surface area (Å²) in [4.78, 5) is 13.9. The van der Waals surface area contributed by atoms with Gasteiger partial charge < -0.3 is 15.3 Å². The smallest absolute Gasteiger partial charge is 0.222 e. The van der Waals surface area contributed by atoms with Crippen LogP contribution in [0.2, 0.25) is 0 Å². The van der Waals surface area contributed by atoms with Crippen molar-refractivity contribution in [2.45, 2.75) is 32.8 Å². The largest absolute Gasteiger partial charge is 0.388 e. The van der Waals surface area contributed by atoms with Gasteiger partial charge in [-0.3, -0.25) is 4.79 Å². The average molecular weight is 276 g/mol. The molecule has 2 rings (SSSR count). The lowest BCUT2D eigenvalue weighted by Gasteiger charge is -2.27. The Kier molecular flexibility index (Phi) is 5.15. The SMILES string of the molecule is Cc1ccc(C(O)CCC(=O)N2CCNCC2)c(C)c1. The van der Waals surface area contributed by atoms with Crippen LogP contribution in [-0.4, -0.2) is 42.1 Å². The molecule has 0 saturated carbocycles. The highest BCUT2D eigenvalue weighted by Gasteiger charge is 2.18. The molecule has 4 heteroatoms. The van der Waals surface area contributed by atoms with E-state index in [-0.39, 0.29) is 5.91 Å². The lowest BCUT2D eigenvalue weighted by Crippen LogP contribution is -2.46. The molecule has 1 fully saturated rings. The van der Waals surface area contributed by atoms with E-state index in [0.717, 1.165) is 37.3 Å². The number of piperazine rings is 1. The molecule has 1 saturated heterocycles. The first-order chi connectivity index (χ1) is 9.58. The molecule has 1 heterocycles. The van der Waals surface area contributed by atoms with E-state index in [2.05, 4.69) is 11.4 Å². The van der Waals surface area contributed by atoms with Gasteiger partial charge in [0.1, 0.15) is 0 Å². The normalized spacial score (nSPS) is 17.1. The molecular formula is C16H24N2O2. The van der Waals surface area contributed by atoms with Gasteiger partial charge in [0.2, 0.25) is 5.91 Å². The van der Waals surface area contributed by atoms with Gasteiger partial charge in [-0.05, 0) is 31.4 Å². The molecule has 110 valence electrons. The zero-order valence-electron chi connectivity index (χ0n) is 12.4. The van der Waals surface area contributed by atoms with Gasteiger partial charge in [0.25, 0.3) is 0 Å². The fourth-order valence-electron chi connectivity index (χ4n) is 2.69. The van der Waals surface area contributed by atoms with Gasteiger partial charge in [-0.1, -0.05) is 23.8 Å². The minimum Gasteiger partial charge on any atom is -0.388 e. The maximum absolute atomic E-state index is 12.1. The summed E-state index contributed by atoms with van der Waals surface area (Å²) in [5.41, 5.74) is 3.21. The molecule has 0 spiro atoms. The van der Waals surface area contributed by atoms with Crippen LogP contribution >= 0.6 is 0 Å². The van der Waals surface area contributed by atoms with Crippen LogP contribution in [0.1, 0.15) is 35.6 Å². The van der Waals surface area contributed by atoms with Gasteiger partial charge in [-0.25, -0.2) is 0 Å². The molecule has 4 nitrogen and oxygen atoms in total. The molecule has 1 aliphatic heterocycles. The van der Waals surface area contributed by atoms with Gasteiger partial charge in [0.05, 0.1) is 6.10 Å². The van der Waals surface area contributed by atoms with E-state index in [9.17, 15) is 9.90 Å². The van der Waals surface area contributed by atoms with E-state index >= 15 is 0 Å². The number of aliphatic hydroxyl groups is 1. The summed E-state index contributed by atoms with van der Waals surface area (Å²) >= 11 is 0. The summed E-state index contributed by atoms with van der Waals surface area (Å²) in [7, 11) is 0. The highest BCUT2D eigenvalue weighted by Crippen LogP contribution is 2.23. The van der Waals surface area contributed by atoms with E-state index in [0.29, 0.717) is 12.8 Å². The molecule has 0 radical (unpaired) electrons.